The van der Waals surface area contributed by atoms with Crippen molar-refractivity contribution < 1.29 is 4.74 Å². The Balaban J connectivity index is 1.41. The lowest BCUT2D eigenvalue weighted by Gasteiger charge is -2.30. The van der Waals surface area contributed by atoms with Gasteiger partial charge in [-0.3, -0.25) is 0 Å². The molecule has 0 atom stereocenters. The first kappa shape index (κ1) is 18.1. The fourth-order valence-corrected chi connectivity index (χ4v) is 3.52. The molecule has 0 spiro atoms. The summed E-state index contributed by atoms with van der Waals surface area (Å²) in [6.07, 6.45) is 1.90. The highest BCUT2D eigenvalue weighted by Crippen LogP contribution is 2.25. The lowest BCUT2D eigenvalue weighted by Crippen LogP contribution is -2.31. The molecule has 0 fully saturated rings. The molecule has 0 aliphatic carbocycles. The number of hydrogen-bond acceptors (Lipinski definition) is 6. The van der Waals surface area contributed by atoms with Crippen molar-refractivity contribution in [1.82, 2.24) is 9.97 Å². The molecule has 1 aliphatic rings. The Bertz CT molecular complexity index is 942. The van der Waals surface area contributed by atoms with Crippen LogP contribution in [0.15, 0.2) is 54.6 Å². The maximum Gasteiger partial charge on any atom is 0.223 e. The predicted molar refractivity (Wildman–Crippen MR) is 113 cm³/mol. The number of nitrogen functional groups attached to an aromatic ring is 1. The van der Waals surface area contributed by atoms with Crippen LogP contribution in [-0.2, 0) is 19.4 Å². The second kappa shape index (κ2) is 8.17. The zero-order valence-corrected chi connectivity index (χ0v) is 16.1. The molecule has 144 valence electrons. The molecule has 6 nitrogen and oxygen atoms in total. The van der Waals surface area contributed by atoms with E-state index in [1.165, 1.54) is 16.7 Å². The number of nitrogens with two attached hydrogens (primary N) is 1. The third-order valence-electron chi connectivity index (χ3n) is 5.06. The van der Waals surface area contributed by atoms with E-state index in [-0.39, 0.29) is 0 Å². The summed E-state index contributed by atoms with van der Waals surface area (Å²) in [5, 5.41) is 3.37. The van der Waals surface area contributed by atoms with Crippen molar-refractivity contribution in [3.63, 3.8) is 0 Å². The van der Waals surface area contributed by atoms with Crippen molar-refractivity contribution in [2.24, 2.45) is 0 Å². The Morgan fingerprint density at radius 3 is 2.64 bits per heavy atom. The minimum absolute atomic E-state index is 0.295. The first-order valence-electron chi connectivity index (χ1n) is 9.54. The second-order valence-electron chi connectivity index (χ2n) is 6.93. The van der Waals surface area contributed by atoms with E-state index in [1.54, 1.807) is 7.11 Å². The number of benzene rings is 2. The predicted octanol–water partition coefficient (Wildman–Crippen LogP) is 3.28. The van der Waals surface area contributed by atoms with Gasteiger partial charge in [-0.1, -0.05) is 36.4 Å². The van der Waals surface area contributed by atoms with Crippen LogP contribution < -0.4 is 20.7 Å². The Kier molecular flexibility index (Phi) is 5.28. The molecular weight excluding hydrogens is 350 g/mol. The number of aromatic nitrogens is 2. The summed E-state index contributed by atoms with van der Waals surface area (Å²) in [5.41, 5.74) is 9.97. The van der Waals surface area contributed by atoms with Gasteiger partial charge >= 0.3 is 0 Å². The molecule has 0 amide bonds. The zero-order valence-electron chi connectivity index (χ0n) is 16.1. The Labute approximate surface area is 165 Å². The van der Waals surface area contributed by atoms with E-state index in [9.17, 15) is 0 Å². The largest absolute Gasteiger partial charge is 0.497 e. The molecule has 6 heteroatoms. The third-order valence-corrected chi connectivity index (χ3v) is 5.06. The molecule has 0 unspecified atom stereocenters. The van der Waals surface area contributed by atoms with Crippen LogP contribution in [0.2, 0.25) is 0 Å². The smallest absolute Gasteiger partial charge is 0.223 e. The molecule has 0 saturated heterocycles. The molecule has 1 aromatic heterocycles. The van der Waals surface area contributed by atoms with Crippen molar-refractivity contribution in [2.75, 3.05) is 36.1 Å². The van der Waals surface area contributed by atoms with Crippen LogP contribution in [0, 0.1) is 0 Å². The molecule has 0 radical (unpaired) electrons. The molecule has 4 rings (SSSR count). The highest BCUT2D eigenvalue weighted by molar-refractivity contribution is 5.54. The third kappa shape index (κ3) is 4.17. The summed E-state index contributed by atoms with van der Waals surface area (Å²) in [6, 6.07) is 18.7. The lowest BCUT2D eigenvalue weighted by atomic mass is 10.00. The number of rotatable bonds is 6. The number of fused-ring (bicyclic) bond motifs is 1. The van der Waals surface area contributed by atoms with Gasteiger partial charge in [-0.05, 0) is 41.7 Å². The summed E-state index contributed by atoms with van der Waals surface area (Å²) in [5.74, 6) is 2.79. The standard InChI is InChI=1S/C22H25N5O/c1-28-19-8-6-16(7-9-19)10-12-24-20-14-21(26-22(23)25-20)27-13-11-17-4-2-3-5-18(17)15-27/h2-9,14H,10-13,15H2,1H3,(H3,23,24,25,26). The summed E-state index contributed by atoms with van der Waals surface area (Å²) < 4.78 is 5.20. The van der Waals surface area contributed by atoms with E-state index < -0.39 is 0 Å². The van der Waals surface area contributed by atoms with Crippen LogP contribution in [0.3, 0.4) is 0 Å². The minimum Gasteiger partial charge on any atom is -0.497 e. The van der Waals surface area contributed by atoms with Gasteiger partial charge in [-0.25, -0.2) is 0 Å². The van der Waals surface area contributed by atoms with Crippen molar-refractivity contribution in [1.29, 1.82) is 0 Å². The first-order chi connectivity index (χ1) is 13.7. The van der Waals surface area contributed by atoms with Gasteiger partial charge in [0.2, 0.25) is 5.95 Å². The number of anilines is 3. The molecule has 0 bridgehead atoms. The molecule has 2 heterocycles. The van der Waals surface area contributed by atoms with Crippen LogP contribution in [-0.4, -0.2) is 30.2 Å². The SMILES string of the molecule is COc1ccc(CCNc2cc(N3CCc4ccccc4C3)nc(N)n2)cc1. The quantitative estimate of drug-likeness (QED) is 0.689. The van der Waals surface area contributed by atoms with E-state index in [0.717, 1.165) is 49.9 Å². The molecule has 1 aliphatic heterocycles. The number of hydrogen-bond donors (Lipinski definition) is 2. The van der Waals surface area contributed by atoms with Gasteiger partial charge in [0.25, 0.3) is 0 Å². The molecule has 3 aromatic rings. The minimum atomic E-state index is 0.295. The Morgan fingerprint density at radius 1 is 1.07 bits per heavy atom. The maximum absolute atomic E-state index is 5.97. The summed E-state index contributed by atoms with van der Waals surface area (Å²) in [4.78, 5) is 11.1. The van der Waals surface area contributed by atoms with Crippen LogP contribution in [0.5, 0.6) is 5.75 Å². The maximum atomic E-state index is 5.97. The summed E-state index contributed by atoms with van der Waals surface area (Å²) in [6.45, 7) is 2.54. The Morgan fingerprint density at radius 2 is 1.86 bits per heavy atom. The van der Waals surface area contributed by atoms with E-state index in [1.807, 2.05) is 18.2 Å². The van der Waals surface area contributed by atoms with Crippen molar-refractivity contribution in [2.45, 2.75) is 19.4 Å². The average molecular weight is 375 g/mol. The molecule has 2 aromatic carbocycles. The van der Waals surface area contributed by atoms with Crippen molar-refractivity contribution >= 4 is 17.6 Å². The number of nitrogens with one attached hydrogen (secondary N) is 1. The average Bonchev–Trinajstić information content (AvgIpc) is 2.73. The van der Waals surface area contributed by atoms with Gasteiger partial charge in [0.05, 0.1) is 7.11 Å². The second-order valence-corrected chi connectivity index (χ2v) is 6.93. The topological polar surface area (TPSA) is 76.3 Å². The van der Waals surface area contributed by atoms with Crippen molar-refractivity contribution in [3.05, 3.63) is 71.3 Å². The lowest BCUT2D eigenvalue weighted by molar-refractivity contribution is 0.414. The van der Waals surface area contributed by atoms with E-state index in [2.05, 4.69) is 56.6 Å². The van der Waals surface area contributed by atoms with Gasteiger partial charge in [0.15, 0.2) is 0 Å². The monoisotopic (exact) mass is 375 g/mol. The van der Waals surface area contributed by atoms with Crippen LogP contribution >= 0.6 is 0 Å². The van der Waals surface area contributed by atoms with E-state index >= 15 is 0 Å². The number of ether oxygens (including phenoxy) is 1. The van der Waals surface area contributed by atoms with Crippen molar-refractivity contribution in [3.8, 4) is 5.75 Å². The fraction of sp³-hybridized carbons (Fsp3) is 0.273. The van der Waals surface area contributed by atoms with Crippen LogP contribution in [0.25, 0.3) is 0 Å². The molecule has 28 heavy (non-hydrogen) atoms. The number of nitrogens with zero attached hydrogens (tertiary/aromatic N) is 3. The van der Waals surface area contributed by atoms with Gasteiger partial charge in [0.1, 0.15) is 17.4 Å². The molecule has 3 N–H and O–H groups in total. The van der Waals surface area contributed by atoms with E-state index in [0.29, 0.717) is 5.95 Å². The van der Waals surface area contributed by atoms with E-state index in [4.69, 9.17) is 10.5 Å². The highest BCUT2D eigenvalue weighted by atomic mass is 16.5. The van der Waals surface area contributed by atoms with Gasteiger partial charge in [-0.2, -0.15) is 9.97 Å². The normalized spacial score (nSPS) is 13.1. The molecule has 0 saturated carbocycles. The zero-order chi connectivity index (χ0) is 19.3. The highest BCUT2D eigenvalue weighted by Gasteiger charge is 2.18. The summed E-state index contributed by atoms with van der Waals surface area (Å²) in [7, 11) is 1.68. The fourth-order valence-electron chi connectivity index (χ4n) is 3.52. The number of methoxy groups -OCH3 is 1. The van der Waals surface area contributed by atoms with Gasteiger partial charge < -0.3 is 20.7 Å². The van der Waals surface area contributed by atoms with Gasteiger partial charge in [0, 0.05) is 25.7 Å². The van der Waals surface area contributed by atoms with Gasteiger partial charge in [-0.15, -0.1) is 0 Å². The summed E-state index contributed by atoms with van der Waals surface area (Å²) >= 11 is 0. The Hall–Kier alpha value is -3.28. The first-order valence-corrected chi connectivity index (χ1v) is 9.54. The van der Waals surface area contributed by atoms with Crippen LogP contribution in [0.1, 0.15) is 16.7 Å². The van der Waals surface area contributed by atoms with Crippen LogP contribution in [0.4, 0.5) is 17.6 Å². The molecular formula is C22H25N5O.